The monoisotopic (exact) mass is 383 g/mol. The van der Waals surface area contributed by atoms with Crippen LogP contribution in [0.3, 0.4) is 0 Å². The van der Waals surface area contributed by atoms with Crippen molar-refractivity contribution in [2.45, 2.75) is 18.9 Å². The molecule has 2 aromatic rings. The SMILES string of the molecule is OC(CCN1CCN(C(=S)NCCc2ccccc2)CC1)c1ccccc1. The number of hydrogen-bond donors (Lipinski definition) is 2. The van der Waals surface area contributed by atoms with Gasteiger partial charge >= 0.3 is 0 Å². The summed E-state index contributed by atoms with van der Waals surface area (Å²) in [7, 11) is 0. The second kappa shape index (κ2) is 10.4. The molecule has 1 heterocycles. The minimum absolute atomic E-state index is 0.384. The lowest BCUT2D eigenvalue weighted by molar-refractivity contribution is 0.123. The molecule has 0 radical (unpaired) electrons. The fourth-order valence-corrected chi connectivity index (χ4v) is 3.68. The van der Waals surface area contributed by atoms with E-state index in [9.17, 15) is 5.11 Å². The molecule has 0 amide bonds. The molecule has 5 heteroatoms. The van der Waals surface area contributed by atoms with Gasteiger partial charge in [-0.15, -0.1) is 0 Å². The second-order valence-corrected chi connectivity index (χ2v) is 7.40. The Morgan fingerprint density at radius 1 is 0.963 bits per heavy atom. The van der Waals surface area contributed by atoms with Crippen molar-refractivity contribution in [3.8, 4) is 0 Å². The third-order valence-corrected chi connectivity index (χ3v) is 5.50. The van der Waals surface area contributed by atoms with Crippen LogP contribution in [0.2, 0.25) is 0 Å². The molecule has 0 spiro atoms. The van der Waals surface area contributed by atoms with Crippen molar-refractivity contribution in [2.75, 3.05) is 39.3 Å². The minimum Gasteiger partial charge on any atom is -0.388 e. The summed E-state index contributed by atoms with van der Waals surface area (Å²) in [5.74, 6) is 0. The summed E-state index contributed by atoms with van der Waals surface area (Å²) in [4.78, 5) is 4.67. The van der Waals surface area contributed by atoms with Crippen LogP contribution in [0.5, 0.6) is 0 Å². The topological polar surface area (TPSA) is 38.7 Å². The molecule has 0 aliphatic carbocycles. The van der Waals surface area contributed by atoms with E-state index >= 15 is 0 Å². The Morgan fingerprint density at radius 2 is 1.59 bits per heavy atom. The Morgan fingerprint density at radius 3 is 2.26 bits per heavy atom. The van der Waals surface area contributed by atoms with E-state index in [1.165, 1.54) is 5.56 Å². The van der Waals surface area contributed by atoms with E-state index in [1.807, 2.05) is 36.4 Å². The number of rotatable bonds is 7. The first-order valence-electron chi connectivity index (χ1n) is 9.74. The summed E-state index contributed by atoms with van der Waals surface area (Å²) in [6, 6.07) is 20.4. The van der Waals surface area contributed by atoms with Crippen molar-refractivity contribution in [1.29, 1.82) is 0 Å². The van der Waals surface area contributed by atoms with Crippen molar-refractivity contribution in [3.05, 3.63) is 71.8 Å². The molecule has 1 unspecified atom stereocenters. The first-order chi connectivity index (χ1) is 13.2. The van der Waals surface area contributed by atoms with Crippen LogP contribution in [0.4, 0.5) is 0 Å². The predicted octanol–water partition coefficient (Wildman–Crippen LogP) is 2.84. The van der Waals surface area contributed by atoms with Gasteiger partial charge in [0.2, 0.25) is 0 Å². The van der Waals surface area contributed by atoms with E-state index in [0.717, 1.165) is 62.8 Å². The Labute approximate surface area is 167 Å². The van der Waals surface area contributed by atoms with Gasteiger partial charge < -0.3 is 15.3 Å². The molecule has 0 saturated carbocycles. The van der Waals surface area contributed by atoms with Gasteiger partial charge in [0.25, 0.3) is 0 Å². The molecule has 1 saturated heterocycles. The maximum absolute atomic E-state index is 10.3. The average molecular weight is 384 g/mol. The van der Waals surface area contributed by atoms with Crippen molar-refractivity contribution < 1.29 is 5.11 Å². The van der Waals surface area contributed by atoms with Crippen molar-refractivity contribution in [1.82, 2.24) is 15.1 Å². The second-order valence-electron chi connectivity index (χ2n) is 7.01. The number of thiocarbonyl (C=S) groups is 1. The lowest BCUT2D eigenvalue weighted by atomic mass is 10.1. The van der Waals surface area contributed by atoms with Crippen molar-refractivity contribution >= 4 is 17.3 Å². The third kappa shape index (κ3) is 6.31. The smallest absolute Gasteiger partial charge is 0.169 e. The fraction of sp³-hybridized carbons (Fsp3) is 0.409. The first kappa shape index (κ1) is 19.8. The van der Waals surface area contributed by atoms with Crippen LogP contribution >= 0.6 is 12.2 Å². The number of piperazine rings is 1. The van der Waals surface area contributed by atoms with E-state index < -0.39 is 0 Å². The van der Waals surface area contributed by atoms with Gasteiger partial charge in [-0.1, -0.05) is 60.7 Å². The molecular formula is C22H29N3OS. The highest BCUT2D eigenvalue weighted by molar-refractivity contribution is 7.80. The maximum Gasteiger partial charge on any atom is 0.169 e. The molecule has 27 heavy (non-hydrogen) atoms. The van der Waals surface area contributed by atoms with E-state index in [1.54, 1.807) is 0 Å². The Balaban J connectivity index is 1.33. The number of aliphatic hydroxyl groups is 1. The van der Waals surface area contributed by atoms with Crippen LogP contribution in [-0.2, 0) is 6.42 Å². The standard InChI is InChI=1S/C22H29N3OS/c26-21(20-9-5-2-6-10-20)12-14-24-15-17-25(18-16-24)22(27)23-13-11-19-7-3-1-4-8-19/h1-10,21,26H,11-18H2,(H,23,27). The largest absolute Gasteiger partial charge is 0.388 e. The molecule has 0 aromatic heterocycles. The molecule has 1 fully saturated rings. The summed E-state index contributed by atoms with van der Waals surface area (Å²) in [5.41, 5.74) is 2.33. The summed E-state index contributed by atoms with van der Waals surface area (Å²) in [6.45, 7) is 5.64. The molecular weight excluding hydrogens is 354 g/mol. The van der Waals surface area contributed by atoms with Crippen LogP contribution in [0, 0.1) is 0 Å². The van der Waals surface area contributed by atoms with Crippen molar-refractivity contribution in [2.24, 2.45) is 0 Å². The van der Waals surface area contributed by atoms with Crippen LogP contribution in [-0.4, -0.2) is 59.3 Å². The van der Waals surface area contributed by atoms with Gasteiger partial charge in [0.05, 0.1) is 6.10 Å². The van der Waals surface area contributed by atoms with E-state index in [-0.39, 0.29) is 6.10 Å². The zero-order valence-corrected chi connectivity index (χ0v) is 16.6. The van der Waals surface area contributed by atoms with Gasteiger partial charge in [-0.25, -0.2) is 0 Å². The van der Waals surface area contributed by atoms with Gasteiger partial charge in [-0.2, -0.15) is 0 Å². The first-order valence-corrected chi connectivity index (χ1v) is 10.2. The normalized spacial score (nSPS) is 16.1. The Kier molecular flexibility index (Phi) is 7.63. The van der Waals surface area contributed by atoms with Crippen LogP contribution in [0.25, 0.3) is 0 Å². The van der Waals surface area contributed by atoms with Gasteiger partial charge in [0.15, 0.2) is 5.11 Å². The zero-order chi connectivity index (χ0) is 18.9. The summed E-state index contributed by atoms with van der Waals surface area (Å²) < 4.78 is 0. The van der Waals surface area contributed by atoms with Gasteiger partial charge in [-0.3, -0.25) is 4.90 Å². The summed E-state index contributed by atoms with van der Waals surface area (Å²) in [5, 5.41) is 14.6. The molecule has 3 rings (SSSR count). The highest BCUT2D eigenvalue weighted by atomic mass is 32.1. The fourth-order valence-electron chi connectivity index (χ4n) is 3.39. The summed E-state index contributed by atoms with van der Waals surface area (Å²) >= 11 is 5.55. The predicted molar refractivity (Wildman–Crippen MR) is 115 cm³/mol. The number of aliphatic hydroxyl groups excluding tert-OH is 1. The molecule has 2 N–H and O–H groups in total. The van der Waals surface area contributed by atoms with Crippen molar-refractivity contribution in [3.63, 3.8) is 0 Å². The zero-order valence-electron chi connectivity index (χ0n) is 15.8. The third-order valence-electron chi connectivity index (χ3n) is 5.10. The highest BCUT2D eigenvalue weighted by Crippen LogP contribution is 2.17. The number of nitrogens with zero attached hydrogens (tertiary/aromatic N) is 2. The lowest BCUT2D eigenvalue weighted by Crippen LogP contribution is -2.52. The van der Waals surface area contributed by atoms with Crippen LogP contribution < -0.4 is 5.32 Å². The molecule has 0 bridgehead atoms. The van der Waals surface area contributed by atoms with Gasteiger partial charge in [0, 0.05) is 39.3 Å². The quantitative estimate of drug-likeness (QED) is 0.720. The molecule has 2 aromatic carbocycles. The number of hydrogen-bond acceptors (Lipinski definition) is 3. The molecule has 1 aliphatic rings. The Hall–Kier alpha value is -1.95. The molecule has 4 nitrogen and oxygen atoms in total. The maximum atomic E-state index is 10.3. The molecule has 144 valence electrons. The molecule has 1 atom stereocenters. The average Bonchev–Trinajstić information content (AvgIpc) is 2.73. The van der Waals surface area contributed by atoms with Crippen LogP contribution in [0.1, 0.15) is 23.7 Å². The van der Waals surface area contributed by atoms with E-state index in [2.05, 4.69) is 39.4 Å². The van der Waals surface area contributed by atoms with E-state index in [0.29, 0.717) is 0 Å². The van der Waals surface area contributed by atoms with Gasteiger partial charge in [0.1, 0.15) is 0 Å². The lowest BCUT2D eigenvalue weighted by Gasteiger charge is -2.36. The molecule has 1 aliphatic heterocycles. The minimum atomic E-state index is -0.384. The highest BCUT2D eigenvalue weighted by Gasteiger charge is 2.19. The summed E-state index contributed by atoms with van der Waals surface area (Å²) in [6.07, 6.45) is 1.37. The van der Waals surface area contributed by atoms with Gasteiger partial charge in [-0.05, 0) is 36.2 Å². The van der Waals surface area contributed by atoms with Crippen LogP contribution in [0.15, 0.2) is 60.7 Å². The van der Waals surface area contributed by atoms with E-state index in [4.69, 9.17) is 12.2 Å². The Bertz CT molecular complexity index is 687. The number of nitrogens with one attached hydrogen (secondary N) is 1. The number of benzene rings is 2.